The van der Waals surface area contributed by atoms with E-state index in [0.29, 0.717) is 37.2 Å². The molecule has 2 aromatic rings. The van der Waals surface area contributed by atoms with Crippen LogP contribution in [0, 0.1) is 6.42 Å². The largest absolute Gasteiger partial charge is 0.489 e. The Morgan fingerprint density at radius 2 is 1.79 bits per heavy atom. The minimum absolute atomic E-state index is 0.296. The number of nitrogens with two attached hydrogens (primary N) is 2. The van der Waals surface area contributed by atoms with Gasteiger partial charge in [0.15, 0.2) is 0 Å². The number of hydrogen-bond acceptors (Lipinski definition) is 3. The fourth-order valence-electron chi connectivity index (χ4n) is 2.30. The van der Waals surface area contributed by atoms with E-state index in [1.54, 1.807) is 6.07 Å². The van der Waals surface area contributed by atoms with Crippen molar-refractivity contribution in [1.82, 2.24) is 0 Å². The second-order valence-corrected chi connectivity index (χ2v) is 5.46. The highest BCUT2D eigenvalue weighted by Gasteiger charge is 2.10. The summed E-state index contributed by atoms with van der Waals surface area (Å²) in [6.45, 7) is 0.420. The SMILES string of the molecule is NC(=O)CC[CH]Cc1ccc(OCc2ccccc2)cc1C(N)=O. The van der Waals surface area contributed by atoms with Crippen molar-refractivity contribution in [1.29, 1.82) is 0 Å². The van der Waals surface area contributed by atoms with Crippen molar-refractivity contribution < 1.29 is 14.3 Å². The highest BCUT2D eigenvalue weighted by molar-refractivity contribution is 5.94. The number of carbonyl (C=O) groups excluding carboxylic acids is 2. The van der Waals surface area contributed by atoms with Crippen LogP contribution in [0.2, 0.25) is 0 Å². The molecular weight excluding hydrogens is 304 g/mol. The molecule has 0 saturated heterocycles. The Labute approximate surface area is 141 Å². The molecule has 125 valence electrons. The number of hydrogen-bond donors (Lipinski definition) is 2. The molecular formula is C19H21N2O3. The molecule has 0 heterocycles. The highest BCUT2D eigenvalue weighted by atomic mass is 16.5. The van der Waals surface area contributed by atoms with Crippen LogP contribution in [-0.2, 0) is 17.8 Å². The summed E-state index contributed by atoms with van der Waals surface area (Å²) in [5.74, 6) is -0.252. The van der Waals surface area contributed by atoms with Crippen molar-refractivity contribution in [3.8, 4) is 5.75 Å². The fraction of sp³-hybridized carbons (Fsp3) is 0.211. The normalized spacial score (nSPS) is 10.3. The zero-order chi connectivity index (χ0) is 17.4. The minimum atomic E-state index is -0.501. The molecule has 5 heteroatoms. The molecule has 0 spiro atoms. The topological polar surface area (TPSA) is 95.4 Å². The van der Waals surface area contributed by atoms with E-state index < -0.39 is 5.91 Å². The summed E-state index contributed by atoms with van der Waals surface area (Å²) in [7, 11) is 0. The van der Waals surface area contributed by atoms with Gasteiger partial charge in [-0.1, -0.05) is 36.4 Å². The van der Waals surface area contributed by atoms with Gasteiger partial charge in [-0.15, -0.1) is 0 Å². The standard InChI is InChI=1S/C19H21N2O3/c20-18(22)9-5-4-8-15-10-11-16(12-17(15)19(21)23)24-13-14-6-2-1-3-7-14/h1-4,6-7,10-12H,5,8-9,13H2,(H2,20,22)(H2,21,23). The lowest BCUT2D eigenvalue weighted by Crippen LogP contribution is -2.14. The first-order chi connectivity index (χ1) is 11.6. The van der Waals surface area contributed by atoms with Gasteiger partial charge in [-0.3, -0.25) is 9.59 Å². The lowest BCUT2D eigenvalue weighted by molar-refractivity contribution is -0.118. The average molecular weight is 325 g/mol. The van der Waals surface area contributed by atoms with Gasteiger partial charge < -0.3 is 16.2 Å². The van der Waals surface area contributed by atoms with Crippen LogP contribution in [0.25, 0.3) is 0 Å². The van der Waals surface area contributed by atoms with Crippen LogP contribution < -0.4 is 16.2 Å². The van der Waals surface area contributed by atoms with Gasteiger partial charge in [-0.05, 0) is 42.5 Å². The lowest BCUT2D eigenvalue weighted by atomic mass is 10.0. The van der Waals surface area contributed by atoms with Crippen LogP contribution in [0.15, 0.2) is 48.5 Å². The van der Waals surface area contributed by atoms with Crippen LogP contribution in [0.4, 0.5) is 0 Å². The number of ether oxygens (including phenoxy) is 1. The predicted molar refractivity (Wildman–Crippen MR) is 92.2 cm³/mol. The number of amides is 2. The summed E-state index contributed by atoms with van der Waals surface area (Å²) in [4.78, 5) is 22.4. The first kappa shape index (κ1) is 17.5. The zero-order valence-electron chi connectivity index (χ0n) is 13.4. The zero-order valence-corrected chi connectivity index (χ0v) is 13.4. The van der Waals surface area contributed by atoms with Crippen LogP contribution in [0.5, 0.6) is 5.75 Å². The monoisotopic (exact) mass is 325 g/mol. The van der Waals surface area contributed by atoms with Crippen molar-refractivity contribution >= 4 is 11.8 Å². The molecule has 2 amide bonds. The Morgan fingerprint density at radius 3 is 2.46 bits per heavy atom. The summed E-state index contributed by atoms with van der Waals surface area (Å²) in [6, 6.07) is 15.1. The van der Waals surface area contributed by atoms with E-state index in [1.165, 1.54) is 0 Å². The molecule has 0 fully saturated rings. The molecule has 0 unspecified atom stereocenters. The molecule has 0 aliphatic carbocycles. The van der Waals surface area contributed by atoms with Gasteiger partial charge in [0, 0.05) is 12.0 Å². The molecule has 0 aromatic heterocycles. The van der Waals surface area contributed by atoms with Crippen molar-refractivity contribution in [2.24, 2.45) is 11.5 Å². The van der Waals surface area contributed by atoms with Gasteiger partial charge in [-0.25, -0.2) is 0 Å². The summed E-state index contributed by atoms with van der Waals surface area (Å²) in [6.07, 6.45) is 3.32. The second-order valence-electron chi connectivity index (χ2n) is 5.46. The Balaban J connectivity index is 2.00. The van der Waals surface area contributed by atoms with Gasteiger partial charge in [0.05, 0.1) is 0 Å². The molecule has 2 aromatic carbocycles. The van der Waals surface area contributed by atoms with E-state index in [2.05, 4.69) is 0 Å². The van der Waals surface area contributed by atoms with Crippen LogP contribution >= 0.6 is 0 Å². The Bertz CT molecular complexity index is 699. The summed E-state index contributed by atoms with van der Waals surface area (Å²) in [5, 5.41) is 0. The molecule has 2 rings (SSSR count). The van der Waals surface area contributed by atoms with E-state index in [1.807, 2.05) is 48.9 Å². The molecule has 1 radical (unpaired) electrons. The van der Waals surface area contributed by atoms with Crippen LogP contribution in [-0.4, -0.2) is 11.8 Å². The number of unbranched alkanes of at least 4 members (excludes halogenated alkanes) is 1. The third kappa shape index (κ3) is 5.43. The van der Waals surface area contributed by atoms with Gasteiger partial charge >= 0.3 is 0 Å². The third-order valence-electron chi connectivity index (χ3n) is 3.55. The maximum atomic E-state index is 11.7. The molecule has 0 aliphatic heterocycles. The first-order valence-corrected chi connectivity index (χ1v) is 7.75. The van der Waals surface area contributed by atoms with Crippen LogP contribution in [0.1, 0.15) is 34.3 Å². The van der Waals surface area contributed by atoms with Gasteiger partial charge in [-0.2, -0.15) is 0 Å². The number of carbonyl (C=O) groups is 2. The third-order valence-corrected chi connectivity index (χ3v) is 3.55. The van der Waals surface area contributed by atoms with E-state index >= 15 is 0 Å². The fourth-order valence-corrected chi connectivity index (χ4v) is 2.30. The maximum absolute atomic E-state index is 11.7. The quantitative estimate of drug-likeness (QED) is 0.693. The van der Waals surface area contributed by atoms with Crippen LogP contribution in [0.3, 0.4) is 0 Å². The van der Waals surface area contributed by atoms with Crippen molar-refractivity contribution in [2.45, 2.75) is 25.9 Å². The molecule has 5 nitrogen and oxygen atoms in total. The van der Waals surface area contributed by atoms with Gasteiger partial charge in [0.1, 0.15) is 12.4 Å². The predicted octanol–water partition coefficient (Wildman–Crippen LogP) is 2.38. The van der Waals surface area contributed by atoms with Crippen molar-refractivity contribution in [3.63, 3.8) is 0 Å². The van der Waals surface area contributed by atoms with Gasteiger partial charge in [0.2, 0.25) is 11.8 Å². The molecule has 0 atom stereocenters. The Kier molecular flexibility index (Phi) is 6.37. The molecule has 0 aliphatic rings. The number of primary amides is 2. The molecule has 0 bridgehead atoms. The van der Waals surface area contributed by atoms with E-state index in [0.717, 1.165) is 11.1 Å². The van der Waals surface area contributed by atoms with Crippen molar-refractivity contribution in [3.05, 3.63) is 71.6 Å². The number of rotatable bonds is 9. The Hall–Kier alpha value is -2.82. The van der Waals surface area contributed by atoms with Gasteiger partial charge in [0.25, 0.3) is 0 Å². The van der Waals surface area contributed by atoms with Crippen molar-refractivity contribution in [2.75, 3.05) is 0 Å². The Morgan fingerprint density at radius 1 is 1.04 bits per heavy atom. The molecule has 4 N–H and O–H groups in total. The van der Waals surface area contributed by atoms with E-state index in [4.69, 9.17) is 16.2 Å². The second kappa shape index (κ2) is 8.72. The summed E-state index contributed by atoms with van der Waals surface area (Å²) < 4.78 is 5.72. The lowest BCUT2D eigenvalue weighted by Gasteiger charge is -2.11. The number of benzene rings is 2. The van der Waals surface area contributed by atoms with E-state index in [-0.39, 0.29) is 5.91 Å². The summed E-state index contributed by atoms with van der Waals surface area (Å²) in [5.41, 5.74) is 12.8. The maximum Gasteiger partial charge on any atom is 0.249 e. The molecule has 24 heavy (non-hydrogen) atoms. The average Bonchev–Trinajstić information content (AvgIpc) is 2.58. The minimum Gasteiger partial charge on any atom is -0.489 e. The summed E-state index contributed by atoms with van der Waals surface area (Å²) >= 11 is 0. The highest BCUT2D eigenvalue weighted by Crippen LogP contribution is 2.20. The molecule has 0 saturated carbocycles. The first-order valence-electron chi connectivity index (χ1n) is 7.75. The van der Waals surface area contributed by atoms with E-state index in [9.17, 15) is 9.59 Å². The smallest absolute Gasteiger partial charge is 0.249 e.